The zero-order chi connectivity index (χ0) is 11.5. The molecule has 4 nitrogen and oxygen atoms in total. The Kier molecular flexibility index (Phi) is 3.05. The van der Waals surface area contributed by atoms with E-state index in [1.165, 1.54) is 0 Å². The maximum atomic E-state index is 5.85. The summed E-state index contributed by atoms with van der Waals surface area (Å²) in [6.07, 6.45) is 1.80. The summed E-state index contributed by atoms with van der Waals surface area (Å²) in [5.74, 6) is 0.719. The number of aryl methyl sites for hydroxylation is 2. The predicted molar refractivity (Wildman–Crippen MR) is 67.6 cm³/mol. The van der Waals surface area contributed by atoms with Crippen LogP contribution in [0, 0.1) is 13.8 Å². The molecule has 5 heteroatoms. The van der Waals surface area contributed by atoms with Crippen molar-refractivity contribution >= 4 is 22.8 Å². The first-order valence-corrected chi connectivity index (χ1v) is 5.90. The average Bonchev–Trinajstić information content (AvgIpc) is 2.63. The van der Waals surface area contributed by atoms with E-state index in [4.69, 9.17) is 5.73 Å². The molecule has 0 atom stereocenters. The summed E-state index contributed by atoms with van der Waals surface area (Å²) in [4.78, 5) is 8.60. The molecule has 0 fully saturated rings. The van der Waals surface area contributed by atoms with Gasteiger partial charge in [-0.15, -0.1) is 11.3 Å². The number of rotatable bonds is 3. The van der Waals surface area contributed by atoms with Crippen LogP contribution in [0.3, 0.4) is 0 Å². The first-order chi connectivity index (χ1) is 7.65. The molecular weight excluding hydrogens is 220 g/mol. The molecule has 0 unspecified atom stereocenters. The fourth-order valence-corrected chi connectivity index (χ4v) is 2.02. The minimum Gasteiger partial charge on any atom is -0.396 e. The monoisotopic (exact) mass is 234 g/mol. The number of nitrogens with zero attached hydrogens (tertiary/aromatic N) is 2. The van der Waals surface area contributed by atoms with Crippen LogP contribution in [-0.2, 0) is 6.54 Å². The highest BCUT2D eigenvalue weighted by molar-refractivity contribution is 7.09. The smallest absolute Gasteiger partial charge is 0.149 e. The molecule has 0 amide bonds. The van der Waals surface area contributed by atoms with Gasteiger partial charge in [-0.05, 0) is 25.5 Å². The van der Waals surface area contributed by atoms with Crippen LogP contribution in [0.2, 0.25) is 0 Å². The van der Waals surface area contributed by atoms with E-state index in [0.29, 0.717) is 12.2 Å². The molecule has 2 heterocycles. The van der Waals surface area contributed by atoms with Crippen molar-refractivity contribution in [2.45, 2.75) is 20.4 Å². The van der Waals surface area contributed by atoms with Crippen molar-refractivity contribution in [3.05, 3.63) is 33.9 Å². The van der Waals surface area contributed by atoms with Crippen LogP contribution in [0.5, 0.6) is 0 Å². The topological polar surface area (TPSA) is 63.8 Å². The first kappa shape index (κ1) is 10.9. The highest BCUT2D eigenvalue weighted by Gasteiger charge is 2.02. The van der Waals surface area contributed by atoms with Gasteiger partial charge in [0.05, 0.1) is 22.9 Å². The van der Waals surface area contributed by atoms with E-state index < -0.39 is 0 Å². The standard InChI is InChI=1S/C11H14N4S/c1-7-3-10(12)11(13-4-7)14-5-9-6-16-8(2)15-9/h3-4,6H,5,12H2,1-2H3,(H,13,14). The van der Waals surface area contributed by atoms with Gasteiger partial charge in [-0.3, -0.25) is 0 Å². The second-order valence-electron chi connectivity index (χ2n) is 3.66. The number of hydrogen-bond donors (Lipinski definition) is 2. The molecular formula is C11H14N4S. The summed E-state index contributed by atoms with van der Waals surface area (Å²) in [6.45, 7) is 4.62. The number of hydrogen-bond acceptors (Lipinski definition) is 5. The zero-order valence-electron chi connectivity index (χ0n) is 9.32. The van der Waals surface area contributed by atoms with Gasteiger partial charge in [0.25, 0.3) is 0 Å². The number of thiazole rings is 1. The molecule has 2 aromatic heterocycles. The molecule has 0 saturated carbocycles. The van der Waals surface area contributed by atoms with Crippen molar-refractivity contribution in [1.82, 2.24) is 9.97 Å². The van der Waals surface area contributed by atoms with Gasteiger partial charge in [-0.25, -0.2) is 9.97 Å². The fourth-order valence-electron chi connectivity index (χ4n) is 1.40. The second-order valence-corrected chi connectivity index (χ2v) is 4.72. The van der Waals surface area contributed by atoms with Crippen molar-refractivity contribution < 1.29 is 0 Å². The van der Waals surface area contributed by atoms with E-state index in [-0.39, 0.29) is 0 Å². The van der Waals surface area contributed by atoms with Crippen LogP contribution in [0.15, 0.2) is 17.6 Å². The molecule has 84 valence electrons. The minimum absolute atomic E-state index is 0.657. The van der Waals surface area contributed by atoms with Gasteiger partial charge < -0.3 is 11.1 Å². The minimum atomic E-state index is 0.657. The van der Waals surface area contributed by atoms with Crippen LogP contribution in [-0.4, -0.2) is 9.97 Å². The fraction of sp³-hybridized carbons (Fsp3) is 0.273. The summed E-state index contributed by atoms with van der Waals surface area (Å²) >= 11 is 1.64. The summed E-state index contributed by atoms with van der Waals surface area (Å²) in [7, 11) is 0. The third kappa shape index (κ3) is 2.49. The Morgan fingerprint density at radius 1 is 1.44 bits per heavy atom. The van der Waals surface area contributed by atoms with E-state index in [2.05, 4.69) is 15.3 Å². The maximum absolute atomic E-state index is 5.85. The van der Waals surface area contributed by atoms with E-state index >= 15 is 0 Å². The van der Waals surface area contributed by atoms with Gasteiger partial charge in [0.15, 0.2) is 0 Å². The van der Waals surface area contributed by atoms with Gasteiger partial charge in [0.2, 0.25) is 0 Å². The Morgan fingerprint density at radius 2 is 2.25 bits per heavy atom. The Hall–Kier alpha value is -1.62. The van der Waals surface area contributed by atoms with E-state index in [9.17, 15) is 0 Å². The molecule has 2 aromatic rings. The Bertz CT molecular complexity index is 492. The number of anilines is 2. The van der Waals surface area contributed by atoms with E-state index in [0.717, 1.165) is 22.1 Å². The maximum Gasteiger partial charge on any atom is 0.149 e. The molecule has 0 spiro atoms. The van der Waals surface area contributed by atoms with E-state index in [1.54, 1.807) is 17.5 Å². The largest absolute Gasteiger partial charge is 0.396 e. The summed E-state index contributed by atoms with van der Waals surface area (Å²) < 4.78 is 0. The molecule has 0 bridgehead atoms. The molecule has 0 saturated heterocycles. The third-order valence-electron chi connectivity index (χ3n) is 2.16. The lowest BCUT2D eigenvalue weighted by molar-refractivity contribution is 1.04. The lowest BCUT2D eigenvalue weighted by Gasteiger charge is -2.07. The molecule has 0 aliphatic carbocycles. The Labute approximate surface area is 98.6 Å². The van der Waals surface area contributed by atoms with Gasteiger partial charge in [0, 0.05) is 11.6 Å². The highest BCUT2D eigenvalue weighted by Crippen LogP contribution is 2.17. The lowest BCUT2D eigenvalue weighted by Crippen LogP contribution is -2.05. The Morgan fingerprint density at radius 3 is 2.88 bits per heavy atom. The first-order valence-electron chi connectivity index (χ1n) is 5.02. The second kappa shape index (κ2) is 4.49. The average molecular weight is 234 g/mol. The van der Waals surface area contributed by atoms with Crippen molar-refractivity contribution in [2.24, 2.45) is 0 Å². The van der Waals surface area contributed by atoms with Crippen molar-refractivity contribution in [1.29, 1.82) is 0 Å². The summed E-state index contributed by atoms with van der Waals surface area (Å²) in [6, 6.07) is 1.90. The number of aromatic nitrogens is 2. The molecule has 0 aromatic carbocycles. The predicted octanol–water partition coefficient (Wildman–Crippen LogP) is 2.35. The number of nitrogen functional groups attached to an aromatic ring is 1. The third-order valence-corrected chi connectivity index (χ3v) is 2.98. The van der Waals surface area contributed by atoms with Crippen LogP contribution in [0.4, 0.5) is 11.5 Å². The van der Waals surface area contributed by atoms with Crippen LogP contribution in [0.25, 0.3) is 0 Å². The zero-order valence-corrected chi connectivity index (χ0v) is 10.1. The molecule has 0 aliphatic heterocycles. The van der Waals surface area contributed by atoms with Crippen molar-refractivity contribution in [3.63, 3.8) is 0 Å². The lowest BCUT2D eigenvalue weighted by atomic mass is 10.3. The van der Waals surface area contributed by atoms with Gasteiger partial charge in [0.1, 0.15) is 5.82 Å². The van der Waals surface area contributed by atoms with Crippen LogP contribution >= 0.6 is 11.3 Å². The van der Waals surface area contributed by atoms with Crippen LogP contribution in [0.1, 0.15) is 16.3 Å². The van der Waals surface area contributed by atoms with Gasteiger partial charge in [-0.1, -0.05) is 0 Å². The van der Waals surface area contributed by atoms with Gasteiger partial charge >= 0.3 is 0 Å². The van der Waals surface area contributed by atoms with E-state index in [1.807, 2.05) is 25.3 Å². The van der Waals surface area contributed by atoms with Crippen LogP contribution < -0.4 is 11.1 Å². The molecule has 0 aliphatic rings. The number of nitrogens with two attached hydrogens (primary N) is 1. The quantitative estimate of drug-likeness (QED) is 0.855. The molecule has 3 N–H and O–H groups in total. The van der Waals surface area contributed by atoms with Crippen molar-refractivity contribution in [2.75, 3.05) is 11.1 Å². The summed E-state index contributed by atoms with van der Waals surface area (Å²) in [5.41, 5.74) is 8.60. The Balaban J connectivity index is 2.04. The molecule has 16 heavy (non-hydrogen) atoms. The summed E-state index contributed by atoms with van der Waals surface area (Å²) in [5, 5.41) is 6.28. The SMILES string of the molecule is Cc1cnc(NCc2csc(C)n2)c(N)c1. The van der Waals surface area contributed by atoms with Gasteiger partial charge in [-0.2, -0.15) is 0 Å². The number of nitrogens with one attached hydrogen (secondary N) is 1. The molecule has 2 rings (SSSR count). The highest BCUT2D eigenvalue weighted by atomic mass is 32.1. The number of pyridine rings is 1. The normalized spacial score (nSPS) is 10.4. The molecule has 0 radical (unpaired) electrons. The van der Waals surface area contributed by atoms with Crippen molar-refractivity contribution in [3.8, 4) is 0 Å².